The first-order chi connectivity index (χ1) is 9.60. The molecule has 108 valence electrons. The third-order valence-electron chi connectivity index (χ3n) is 3.59. The van der Waals surface area contributed by atoms with E-state index in [0.717, 1.165) is 26.1 Å². The summed E-state index contributed by atoms with van der Waals surface area (Å²) in [5.41, 5.74) is 3.19. The van der Waals surface area contributed by atoms with E-state index in [1.54, 1.807) is 0 Å². The quantitative estimate of drug-likeness (QED) is 0.789. The van der Waals surface area contributed by atoms with Crippen LogP contribution in [0.1, 0.15) is 36.2 Å². The second-order valence-electron chi connectivity index (χ2n) is 5.70. The molecule has 0 aliphatic carbocycles. The zero-order chi connectivity index (χ0) is 14.5. The number of carbonyl (C=O) groups excluding carboxylic acids is 1. The van der Waals surface area contributed by atoms with Gasteiger partial charge in [-0.3, -0.25) is 4.90 Å². The highest BCUT2D eigenvalue weighted by atomic mass is 16.5. The first kappa shape index (κ1) is 14.8. The molecule has 1 aromatic carbocycles. The lowest BCUT2D eigenvalue weighted by molar-refractivity contribution is 0.0600. The minimum atomic E-state index is -0.280. The van der Waals surface area contributed by atoms with Gasteiger partial charge in [-0.05, 0) is 35.6 Å². The first-order valence-corrected chi connectivity index (χ1v) is 7.20. The number of rotatable bonds is 4. The maximum absolute atomic E-state index is 11.4. The molecule has 0 fully saturated rings. The predicted octanol–water partition coefficient (Wildman–Crippen LogP) is 3.22. The van der Waals surface area contributed by atoms with Gasteiger partial charge in [0.05, 0.1) is 12.7 Å². The second kappa shape index (κ2) is 6.71. The Balaban J connectivity index is 2.02. The zero-order valence-corrected chi connectivity index (χ0v) is 12.6. The Labute approximate surface area is 121 Å². The van der Waals surface area contributed by atoms with Crippen molar-refractivity contribution in [1.82, 2.24) is 4.90 Å². The number of carbonyl (C=O) groups is 1. The van der Waals surface area contributed by atoms with Gasteiger partial charge in [0.2, 0.25) is 0 Å². The lowest BCUT2D eigenvalue weighted by Gasteiger charge is -2.27. The highest BCUT2D eigenvalue weighted by Crippen LogP contribution is 2.23. The zero-order valence-electron chi connectivity index (χ0n) is 12.6. The van der Waals surface area contributed by atoms with Gasteiger partial charge in [0, 0.05) is 19.6 Å². The topological polar surface area (TPSA) is 29.5 Å². The molecule has 0 N–H and O–H groups in total. The average Bonchev–Trinajstić information content (AvgIpc) is 2.47. The summed E-state index contributed by atoms with van der Waals surface area (Å²) in [5, 5.41) is 0. The van der Waals surface area contributed by atoms with Gasteiger partial charge in [-0.2, -0.15) is 0 Å². The van der Waals surface area contributed by atoms with E-state index < -0.39 is 0 Å². The van der Waals surface area contributed by atoms with E-state index in [0.29, 0.717) is 11.5 Å². The van der Waals surface area contributed by atoms with Gasteiger partial charge >= 0.3 is 5.97 Å². The number of hydrogen-bond donors (Lipinski definition) is 0. The molecule has 3 heteroatoms. The Hall–Kier alpha value is -1.61. The number of hydrogen-bond acceptors (Lipinski definition) is 3. The summed E-state index contributed by atoms with van der Waals surface area (Å²) in [6, 6.07) is 7.69. The van der Waals surface area contributed by atoms with Crippen LogP contribution in [0.4, 0.5) is 0 Å². The highest BCUT2D eigenvalue weighted by molar-refractivity contribution is 5.89. The van der Waals surface area contributed by atoms with Crippen LogP contribution in [0.25, 0.3) is 5.57 Å². The molecule has 1 heterocycles. The van der Waals surface area contributed by atoms with Crippen molar-refractivity contribution in [3.63, 3.8) is 0 Å². The predicted molar refractivity (Wildman–Crippen MR) is 81.7 cm³/mol. The minimum Gasteiger partial charge on any atom is -0.465 e. The molecule has 0 radical (unpaired) electrons. The maximum Gasteiger partial charge on any atom is 0.337 e. The Morgan fingerprint density at radius 2 is 2.00 bits per heavy atom. The normalized spacial score (nSPS) is 16.1. The number of benzene rings is 1. The average molecular weight is 273 g/mol. The van der Waals surface area contributed by atoms with E-state index in [1.165, 1.54) is 18.2 Å². The van der Waals surface area contributed by atoms with E-state index in [1.807, 2.05) is 24.3 Å². The number of methoxy groups -OCH3 is 1. The smallest absolute Gasteiger partial charge is 0.337 e. The molecule has 0 saturated carbocycles. The molecule has 2 rings (SSSR count). The third-order valence-corrected chi connectivity index (χ3v) is 3.59. The van der Waals surface area contributed by atoms with Crippen molar-refractivity contribution in [2.24, 2.45) is 5.92 Å². The number of nitrogens with zero attached hydrogens (tertiary/aromatic N) is 1. The molecule has 0 amide bonds. The fourth-order valence-corrected chi connectivity index (χ4v) is 2.59. The van der Waals surface area contributed by atoms with Crippen molar-refractivity contribution in [3.8, 4) is 0 Å². The van der Waals surface area contributed by atoms with Crippen LogP contribution in [0.15, 0.2) is 30.3 Å². The van der Waals surface area contributed by atoms with Crippen LogP contribution in [0, 0.1) is 5.92 Å². The van der Waals surface area contributed by atoms with E-state index in [4.69, 9.17) is 4.74 Å². The Bertz CT molecular complexity index is 488. The fraction of sp³-hybridized carbons (Fsp3) is 0.471. The minimum absolute atomic E-state index is 0.280. The molecule has 1 aliphatic heterocycles. The largest absolute Gasteiger partial charge is 0.465 e. The van der Waals surface area contributed by atoms with Crippen LogP contribution in [-0.4, -0.2) is 37.6 Å². The third kappa shape index (κ3) is 3.70. The molecule has 1 aromatic rings. The van der Waals surface area contributed by atoms with Gasteiger partial charge < -0.3 is 4.74 Å². The molecule has 0 unspecified atom stereocenters. The van der Waals surface area contributed by atoms with Crippen molar-refractivity contribution in [2.45, 2.75) is 20.3 Å². The standard InChI is InChI=1S/C17H23NO2/c1-13(2)12-18-10-8-15(9-11-18)14-4-6-16(7-5-14)17(19)20-3/h4-8,13H,9-12H2,1-3H3. The fourth-order valence-electron chi connectivity index (χ4n) is 2.59. The summed E-state index contributed by atoms with van der Waals surface area (Å²) in [4.78, 5) is 13.9. The molecule has 0 bridgehead atoms. The number of esters is 1. The van der Waals surface area contributed by atoms with Gasteiger partial charge in [0.15, 0.2) is 0 Å². The Morgan fingerprint density at radius 3 is 2.50 bits per heavy atom. The molecular weight excluding hydrogens is 250 g/mol. The summed E-state index contributed by atoms with van der Waals surface area (Å²) in [5.74, 6) is 0.432. The molecule has 0 spiro atoms. The molecule has 1 aliphatic rings. The maximum atomic E-state index is 11.4. The van der Waals surface area contributed by atoms with Crippen LogP contribution in [0.5, 0.6) is 0 Å². The summed E-state index contributed by atoms with van der Waals surface area (Å²) in [6.07, 6.45) is 3.38. The van der Waals surface area contributed by atoms with Crippen molar-refractivity contribution in [3.05, 3.63) is 41.5 Å². The molecule has 3 nitrogen and oxygen atoms in total. The summed E-state index contributed by atoms with van der Waals surface area (Å²) in [6.45, 7) is 7.80. The Morgan fingerprint density at radius 1 is 1.30 bits per heavy atom. The van der Waals surface area contributed by atoms with Crippen molar-refractivity contribution >= 4 is 11.5 Å². The van der Waals surface area contributed by atoms with E-state index >= 15 is 0 Å². The Kier molecular flexibility index (Phi) is 4.96. The van der Waals surface area contributed by atoms with Crippen molar-refractivity contribution < 1.29 is 9.53 Å². The molecule has 0 atom stereocenters. The lowest BCUT2D eigenvalue weighted by atomic mass is 9.98. The van der Waals surface area contributed by atoms with Crippen LogP contribution in [0.3, 0.4) is 0 Å². The van der Waals surface area contributed by atoms with E-state index in [-0.39, 0.29) is 5.97 Å². The van der Waals surface area contributed by atoms with Crippen LogP contribution >= 0.6 is 0 Å². The van der Waals surface area contributed by atoms with Crippen LogP contribution in [0.2, 0.25) is 0 Å². The van der Waals surface area contributed by atoms with Gasteiger partial charge in [0.1, 0.15) is 0 Å². The second-order valence-corrected chi connectivity index (χ2v) is 5.70. The van der Waals surface area contributed by atoms with Gasteiger partial charge in [-0.25, -0.2) is 4.79 Å². The summed E-state index contributed by atoms with van der Waals surface area (Å²) < 4.78 is 4.71. The van der Waals surface area contributed by atoms with Crippen molar-refractivity contribution in [1.29, 1.82) is 0 Å². The van der Waals surface area contributed by atoms with Gasteiger partial charge in [0.25, 0.3) is 0 Å². The summed E-state index contributed by atoms with van der Waals surface area (Å²) in [7, 11) is 1.41. The van der Waals surface area contributed by atoms with Gasteiger partial charge in [-0.15, -0.1) is 0 Å². The molecular formula is C17H23NO2. The number of ether oxygens (including phenoxy) is 1. The van der Waals surface area contributed by atoms with Crippen molar-refractivity contribution in [2.75, 3.05) is 26.7 Å². The summed E-state index contributed by atoms with van der Waals surface area (Å²) >= 11 is 0. The van der Waals surface area contributed by atoms with Gasteiger partial charge in [-0.1, -0.05) is 32.1 Å². The van der Waals surface area contributed by atoms with E-state index in [9.17, 15) is 4.79 Å². The molecule has 0 saturated heterocycles. The highest BCUT2D eigenvalue weighted by Gasteiger charge is 2.14. The van der Waals surface area contributed by atoms with Crippen LogP contribution < -0.4 is 0 Å². The molecule has 0 aromatic heterocycles. The molecule has 20 heavy (non-hydrogen) atoms. The first-order valence-electron chi connectivity index (χ1n) is 7.20. The monoisotopic (exact) mass is 273 g/mol. The van der Waals surface area contributed by atoms with E-state index in [2.05, 4.69) is 24.8 Å². The SMILES string of the molecule is COC(=O)c1ccc(C2=CCN(CC(C)C)CC2)cc1. The lowest BCUT2D eigenvalue weighted by Crippen LogP contribution is -2.31. The van der Waals surface area contributed by atoms with Crippen LogP contribution in [-0.2, 0) is 4.74 Å².